The molecule has 2 N–H and O–H groups in total. The highest BCUT2D eigenvalue weighted by molar-refractivity contribution is 6.39. The van der Waals surface area contributed by atoms with E-state index in [9.17, 15) is 9.59 Å². The smallest absolute Gasteiger partial charge is 0.313 e. The van der Waals surface area contributed by atoms with Gasteiger partial charge in [0.2, 0.25) is 0 Å². The van der Waals surface area contributed by atoms with Crippen molar-refractivity contribution >= 4 is 17.5 Å². The molecule has 2 amide bonds. The number of nitrogens with one attached hydrogen (secondary N) is 2. The number of aryl methyl sites for hydroxylation is 2. The number of anilines is 1. The van der Waals surface area contributed by atoms with Crippen LogP contribution in [0.1, 0.15) is 23.8 Å². The van der Waals surface area contributed by atoms with Crippen LogP contribution in [0, 0.1) is 13.8 Å². The summed E-state index contributed by atoms with van der Waals surface area (Å²) in [5.41, 5.74) is 2.52. The summed E-state index contributed by atoms with van der Waals surface area (Å²) in [6.45, 7) is 5.60. The van der Waals surface area contributed by atoms with Crippen molar-refractivity contribution in [3.63, 3.8) is 0 Å². The van der Waals surface area contributed by atoms with Crippen molar-refractivity contribution in [2.45, 2.75) is 33.2 Å². The van der Waals surface area contributed by atoms with E-state index in [0.717, 1.165) is 16.9 Å². The summed E-state index contributed by atoms with van der Waals surface area (Å²) >= 11 is 0. The first-order chi connectivity index (χ1) is 10.5. The van der Waals surface area contributed by atoms with Gasteiger partial charge in [0.15, 0.2) is 0 Å². The lowest BCUT2D eigenvalue weighted by Crippen LogP contribution is -2.41. The number of amides is 2. The third-order valence-electron chi connectivity index (χ3n) is 3.39. The predicted molar refractivity (Wildman–Crippen MR) is 84.6 cm³/mol. The molecule has 2 rings (SSSR count). The Balaban J connectivity index is 1.93. The van der Waals surface area contributed by atoms with E-state index in [1.165, 1.54) is 0 Å². The molecule has 0 aliphatic carbocycles. The number of benzene rings is 1. The minimum atomic E-state index is -0.663. The third kappa shape index (κ3) is 3.97. The first-order valence-corrected chi connectivity index (χ1v) is 7.18. The van der Waals surface area contributed by atoms with Crippen LogP contribution >= 0.6 is 0 Å². The van der Waals surface area contributed by atoms with Crippen LogP contribution < -0.4 is 10.6 Å². The largest absolute Gasteiger partial charge is 0.469 e. The Morgan fingerprint density at radius 2 is 1.77 bits per heavy atom. The number of carbonyl (C=O) groups is 2. The summed E-state index contributed by atoms with van der Waals surface area (Å²) in [6.07, 6.45) is 2.12. The number of carbonyl (C=O) groups excluding carboxylic acids is 2. The highest BCUT2D eigenvalue weighted by atomic mass is 16.3. The first kappa shape index (κ1) is 15.8. The Morgan fingerprint density at radius 1 is 1.09 bits per heavy atom. The summed E-state index contributed by atoms with van der Waals surface area (Å²) in [5.74, 6) is -0.548. The zero-order chi connectivity index (χ0) is 16.1. The molecule has 1 heterocycles. The summed E-state index contributed by atoms with van der Waals surface area (Å²) < 4.78 is 5.22. The second-order valence-electron chi connectivity index (χ2n) is 5.38. The number of hydrogen-bond donors (Lipinski definition) is 2. The Labute approximate surface area is 129 Å². The van der Waals surface area contributed by atoms with Gasteiger partial charge in [-0.1, -0.05) is 18.2 Å². The monoisotopic (exact) mass is 300 g/mol. The maximum absolute atomic E-state index is 12.0. The van der Waals surface area contributed by atoms with Crippen molar-refractivity contribution in [3.05, 3.63) is 53.5 Å². The first-order valence-electron chi connectivity index (χ1n) is 7.18. The molecule has 0 fully saturated rings. The van der Waals surface area contributed by atoms with E-state index in [-0.39, 0.29) is 6.04 Å². The van der Waals surface area contributed by atoms with Crippen LogP contribution in [0.4, 0.5) is 5.69 Å². The second kappa shape index (κ2) is 6.93. The summed E-state index contributed by atoms with van der Waals surface area (Å²) in [5, 5.41) is 5.33. The molecule has 1 atom stereocenters. The van der Waals surface area contributed by atoms with Crippen LogP contribution in [0.5, 0.6) is 0 Å². The second-order valence-corrected chi connectivity index (χ2v) is 5.38. The lowest BCUT2D eigenvalue weighted by atomic mass is 10.1. The van der Waals surface area contributed by atoms with Crippen LogP contribution in [0.2, 0.25) is 0 Å². The average molecular weight is 300 g/mol. The number of furan rings is 1. The maximum atomic E-state index is 12.0. The highest BCUT2D eigenvalue weighted by Gasteiger charge is 2.18. The zero-order valence-electron chi connectivity index (χ0n) is 13.0. The van der Waals surface area contributed by atoms with Gasteiger partial charge in [-0.3, -0.25) is 9.59 Å². The normalized spacial score (nSPS) is 11.8. The molecule has 0 saturated carbocycles. The molecule has 2 aromatic rings. The van der Waals surface area contributed by atoms with Crippen molar-refractivity contribution in [2.75, 3.05) is 5.32 Å². The van der Waals surface area contributed by atoms with Crippen molar-refractivity contribution in [3.8, 4) is 0 Å². The van der Waals surface area contributed by atoms with Crippen LogP contribution in [0.3, 0.4) is 0 Å². The number of rotatable bonds is 4. The van der Waals surface area contributed by atoms with Gasteiger partial charge < -0.3 is 15.1 Å². The zero-order valence-corrected chi connectivity index (χ0v) is 13.0. The van der Waals surface area contributed by atoms with Gasteiger partial charge in [-0.25, -0.2) is 0 Å². The van der Waals surface area contributed by atoms with Crippen molar-refractivity contribution in [2.24, 2.45) is 0 Å². The van der Waals surface area contributed by atoms with E-state index in [1.807, 2.05) is 45.0 Å². The van der Waals surface area contributed by atoms with Crippen LogP contribution in [0.25, 0.3) is 0 Å². The maximum Gasteiger partial charge on any atom is 0.313 e. The molecule has 1 unspecified atom stereocenters. The Bertz CT molecular complexity index is 642. The van der Waals surface area contributed by atoms with Gasteiger partial charge in [0, 0.05) is 18.2 Å². The van der Waals surface area contributed by atoms with E-state index in [4.69, 9.17) is 4.42 Å². The molecule has 0 aliphatic rings. The van der Waals surface area contributed by atoms with Gasteiger partial charge in [0.1, 0.15) is 5.76 Å². The van der Waals surface area contributed by atoms with Gasteiger partial charge in [0.25, 0.3) is 0 Å². The molecule has 1 aromatic carbocycles. The minimum Gasteiger partial charge on any atom is -0.469 e. The molecule has 116 valence electrons. The molecule has 0 saturated heterocycles. The Hall–Kier alpha value is -2.56. The van der Waals surface area contributed by atoms with Crippen molar-refractivity contribution in [1.82, 2.24) is 5.32 Å². The topological polar surface area (TPSA) is 71.3 Å². The van der Waals surface area contributed by atoms with Crippen LogP contribution in [0.15, 0.2) is 41.0 Å². The number of para-hydroxylation sites is 1. The van der Waals surface area contributed by atoms with E-state index in [1.54, 1.807) is 12.3 Å². The van der Waals surface area contributed by atoms with Gasteiger partial charge in [-0.15, -0.1) is 0 Å². The van der Waals surface area contributed by atoms with Crippen molar-refractivity contribution in [1.29, 1.82) is 0 Å². The molecular weight excluding hydrogens is 280 g/mol. The van der Waals surface area contributed by atoms with Crippen LogP contribution in [-0.4, -0.2) is 17.9 Å². The fourth-order valence-electron chi connectivity index (χ4n) is 2.25. The summed E-state index contributed by atoms with van der Waals surface area (Å²) in [6, 6.07) is 9.12. The average Bonchev–Trinajstić information content (AvgIpc) is 2.95. The predicted octanol–water partition coefficient (Wildman–Crippen LogP) is 2.58. The summed E-state index contributed by atoms with van der Waals surface area (Å²) in [4.78, 5) is 24.0. The van der Waals surface area contributed by atoms with Gasteiger partial charge in [-0.05, 0) is 44.0 Å². The van der Waals surface area contributed by atoms with E-state index in [2.05, 4.69) is 10.6 Å². The fourth-order valence-corrected chi connectivity index (χ4v) is 2.25. The Morgan fingerprint density at radius 3 is 2.36 bits per heavy atom. The molecule has 5 nitrogen and oxygen atoms in total. The van der Waals surface area contributed by atoms with Crippen LogP contribution in [-0.2, 0) is 16.0 Å². The highest BCUT2D eigenvalue weighted by Crippen LogP contribution is 2.19. The van der Waals surface area contributed by atoms with E-state index in [0.29, 0.717) is 12.1 Å². The molecule has 1 aromatic heterocycles. The minimum absolute atomic E-state index is 0.192. The molecule has 0 bridgehead atoms. The molecule has 22 heavy (non-hydrogen) atoms. The SMILES string of the molecule is Cc1cccc(C)c1NC(=O)C(=O)NC(C)Cc1ccco1. The third-order valence-corrected chi connectivity index (χ3v) is 3.39. The fraction of sp³-hybridized carbons (Fsp3) is 0.294. The van der Waals surface area contributed by atoms with Crippen molar-refractivity contribution < 1.29 is 14.0 Å². The number of hydrogen-bond acceptors (Lipinski definition) is 3. The van der Waals surface area contributed by atoms with Gasteiger partial charge >= 0.3 is 11.8 Å². The Kier molecular flexibility index (Phi) is 4.99. The lowest BCUT2D eigenvalue weighted by molar-refractivity contribution is -0.136. The summed E-state index contributed by atoms with van der Waals surface area (Å²) in [7, 11) is 0. The molecule has 5 heteroatoms. The quantitative estimate of drug-likeness (QED) is 0.853. The van der Waals surface area contributed by atoms with Gasteiger partial charge in [-0.2, -0.15) is 0 Å². The molecular formula is C17H20N2O3. The van der Waals surface area contributed by atoms with E-state index >= 15 is 0 Å². The molecule has 0 aliphatic heterocycles. The lowest BCUT2D eigenvalue weighted by Gasteiger charge is -2.14. The molecule has 0 spiro atoms. The van der Waals surface area contributed by atoms with Gasteiger partial charge in [0.05, 0.1) is 6.26 Å². The molecule has 0 radical (unpaired) electrons. The standard InChI is InChI=1S/C17H20N2O3/c1-11-6-4-7-12(2)15(11)19-17(21)16(20)18-13(3)10-14-8-5-9-22-14/h4-9,13H,10H2,1-3H3,(H,18,20)(H,19,21). The van der Waals surface area contributed by atoms with E-state index < -0.39 is 11.8 Å².